The molecule has 5 nitrogen and oxygen atoms in total. The zero-order valence-electron chi connectivity index (χ0n) is 13.3. The predicted octanol–water partition coefficient (Wildman–Crippen LogP) is 2.47. The summed E-state index contributed by atoms with van der Waals surface area (Å²) in [7, 11) is -1.46. The Morgan fingerprint density at radius 2 is 2.09 bits per heavy atom. The first-order valence-electron chi connectivity index (χ1n) is 8.04. The minimum absolute atomic E-state index is 0.128. The van der Waals surface area contributed by atoms with Gasteiger partial charge in [0.05, 0.1) is 17.1 Å². The molecule has 0 radical (unpaired) electrons. The molecule has 2 aliphatic heterocycles. The van der Waals surface area contributed by atoms with Crippen molar-refractivity contribution in [3.8, 4) is 5.75 Å². The summed E-state index contributed by atoms with van der Waals surface area (Å²) in [4.78, 5) is 2.43. The standard InChI is InChI=1S/C16H24N2O3S/c1-3-13-6-4-5-9-18(13)22(19,20)14-7-8-16-15(12-14)17(2)10-11-21-16/h7-8,12-13H,3-6,9-11H2,1-2H3. The predicted molar refractivity (Wildman–Crippen MR) is 87.0 cm³/mol. The van der Waals surface area contributed by atoms with Crippen LogP contribution in [0, 0.1) is 0 Å². The molecule has 0 bridgehead atoms. The Hall–Kier alpha value is -1.27. The van der Waals surface area contributed by atoms with Crippen LogP contribution in [0.5, 0.6) is 5.75 Å². The summed E-state index contributed by atoms with van der Waals surface area (Å²) in [5.41, 5.74) is 0.859. The van der Waals surface area contributed by atoms with Crippen LogP contribution in [-0.2, 0) is 10.0 Å². The van der Waals surface area contributed by atoms with Crippen LogP contribution in [0.3, 0.4) is 0 Å². The van der Waals surface area contributed by atoms with Crippen molar-refractivity contribution in [1.82, 2.24) is 4.31 Å². The van der Waals surface area contributed by atoms with Gasteiger partial charge in [-0.05, 0) is 37.5 Å². The Morgan fingerprint density at radius 3 is 2.86 bits per heavy atom. The number of benzene rings is 1. The minimum atomic E-state index is -3.43. The maximum absolute atomic E-state index is 13.0. The van der Waals surface area contributed by atoms with Crippen molar-refractivity contribution < 1.29 is 13.2 Å². The van der Waals surface area contributed by atoms with Gasteiger partial charge < -0.3 is 9.64 Å². The molecule has 1 atom stereocenters. The Balaban J connectivity index is 1.97. The van der Waals surface area contributed by atoms with Crippen molar-refractivity contribution in [2.45, 2.75) is 43.5 Å². The van der Waals surface area contributed by atoms with Crippen LogP contribution >= 0.6 is 0 Å². The van der Waals surface area contributed by atoms with E-state index in [1.807, 2.05) is 11.9 Å². The second kappa shape index (κ2) is 6.08. The number of sulfonamides is 1. The van der Waals surface area contributed by atoms with Crippen LogP contribution < -0.4 is 9.64 Å². The zero-order valence-corrected chi connectivity index (χ0v) is 14.1. The number of likely N-dealkylation sites (N-methyl/N-ethyl adjacent to an activating group) is 1. The van der Waals surface area contributed by atoms with E-state index in [0.29, 0.717) is 18.0 Å². The van der Waals surface area contributed by atoms with Gasteiger partial charge in [-0.15, -0.1) is 0 Å². The molecule has 1 unspecified atom stereocenters. The number of nitrogens with zero attached hydrogens (tertiary/aromatic N) is 2. The fourth-order valence-electron chi connectivity index (χ4n) is 3.32. The molecule has 0 aromatic heterocycles. The summed E-state index contributed by atoms with van der Waals surface area (Å²) in [5, 5.41) is 0. The highest BCUT2D eigenvalue weighted by atomic mass is 32.2. The van der Waals surface area contributed by atoms with Crippen molar-refractivity contribution in [2.24, 2.45) is 0 Å². The number of hydrogen-bond donors (Lipinski definition) is 0. The summed E-state index contributed by atoms with van der Waals surface area (Å²) in [6.07, 6.45) is 3.89. The molecule has 122 valence electrons. The average molecular weight is 324 g/mol. The Kier molecular flexibility index (Phi) is 4.32. The third kappa shape index (κ3) is 2.70. The van der Waals surface area contributed by atoms with E-state index in [4.69, 9.17) is 4.74 Å². The normalized spacial score (nSPS) is 23.0. The molecule has 2 heterocycles. The largest absolute Gasteiger partial charge is 0.490 e. The van der Waals surface area contributed by atoms with Gasteiger partial charge >= 0.3 is 0 Å². The lowest BCUT2D eigenvalue weighted by molar-refractivity contribution is 0.246. The monoisotopic (exact) mass is 324 g/mol. The van der Waals surface area contributed by atoms with Crippen molar-refractivity contribution in [1.29, 1.82) is 0 Å². The molecule has 3 rings (SSSR count). The number of anilines is 1. The van der Waals surface area contributed by atoms with Gasteiger partial charge in [-0.2, -0.15) is 4.31 Å². The first kappa shape index (κ1) is 15.6. The van der Waals surface area contributed by atoms with E-state index in [-0.39, 0.29) is 6.04 Å². The second-order valence-electron chi connectivity index (χ2n) is 6.07. The van der Waals surface area contributed by atoms with E-state index >= 15 is 0 Å². The fourth-order valence-corrected chi connectivity index (χ4v) is 5.11. The van der Waals surface area contributed by atoms with Crippen molar-refractivity contribution in [3.63, 3.8) is 0 Å². The summed E-state index contributed by atoms with van der Waals surface area (Å²) >= 11 is 0. The van der Waals surface area contributed by atoms with E-state index in [2.05, 4.69) is 6.92 Å². The number of ether oxygens (including phenoxy) is 1. The Morgan fingerprint density at radius 1 is 1.27 bits per heavy atom. The molecular weight excluding hydrogens is 300 g/mol. The van der Waals surface area contributed by atoms with Crippen molar-refractivity contribution in [2.75, 3.05) is 31.6 Å². The van der Waals surface area contributed by atoms with Crippen LogP contribution in [0.2, 0.25) is 0 Å². The van der Waals surface area contributed by atoms with Crippen molar-refractivity contribution >= 4 is 15.7 Å². The minimum Gasteiger partial charge on any atom is -0.490 e. The van der Waals surface area contributed by atoms with Gasteiger partial charge in [0.2, 0.25) is 10.0 Å². The maximum Gasteiger partial charge on any atom is 0.243 e. The van der Waals surface area contributed by atoms with Gasteiger partial charge in [0, 0.05) is 19.6 Å². The molecule has 0 amide bonds. The van der Waals surface area contributed by atoms with Crippen molar-refractivity contribution in [3.05, 3.63) is 18.2 Å². The lowest BCUT2D eigenvalue weighted by Gasteiger charge is -2.34. The van der Waals surface area contributed by atoms with Crippen LogP contribution in [0.25, 0.3) is 0 Å². The molecule has 6 heteroatoms. The number of hydrogen-bond acceptors (Lipinski definition) is 4. The maximum atomic E-state index is 13.0. The van der Waals surface area contributed by atoms with Gasteiger partial charge in [-0.3, -0.25) is 0 Å². The summed E-state index contributed by atoms with van der Waals surface area (Å²) in [6, 6.07) is 5.34. The van der Waals surface area contributed by atoms with E-state index in [1.165, 1.54) is 0 Å². The number of rotatable bonds is 3. The third-order valence-corrected chi connectivity index (χ3v) is 6.62. The number of fused-ring (bicyclic) bond motifs is 1. The van der Waals surface area contributed by atoms with Gasteiger partial charge in [-0.1, -0.05) is 13.3 Å². The lowest BCUT2D eigenvalue weighted by atomic mass is 10.0. The third-order valence-electron chi connectivity index (χ3n) is 4.68. The van der Waals surface area contributed by atoms with Crippen LogP contribution in [0.1, 0.15) is 32.6 Å². The first-order chi connectivity index (χ1) is 10.5. The molecule has 1 saturated heterocycles. The molecule has 1 aromatic rings. The molecule has 1 fully saturated rings. The molecule has 0 aliphatic carbocycles. The van der Waals surface area contributed by atoms with Crippen LogP contribution in [0.4, 0.5) is 5.69 Å². The van der Waals surface area contributed by atoms with Gasteiger partial charge in [-0.25, -0.2) is 8.42 Å². The van der Waals surface area contributed by atoms with Gasteiger partial charge in [0.25, 0.3) is 0 Å². The molecule has 2 aliphatic rings. The Bertz CT molecular complexity index is 645. The quantitative estimate of drug-likeness (QED) is 0.857. The highest BCUT2D eigenvalue weighted by Crippen LogP contribution is 2.35. The molecule has 0 N–H and O–H groups in total. The SMILES string of the molecule is CCC1CCCCN1S(=O)(=O)c1ccc2c(c1)N(C)CCO2. The molecule has 0 saturated carbocycles. The molecular formula is C16H24N2O3S. The van der Waals surface area contributed by atoms with Crippen LogP contribution in [-0.4, -0.2) is 45.5 Å². The molecule has 0 spiro atoms. The zero-order chi connectivity index (χ0) is 15.7. The topological polar surface area (TPSA) is 49.9 Å². The van der Waals surface area contributed by atoms with Gasteiger partial charge in [0.1, 0.15) is 12.4 Å². The first-order valence-corrected chi connectivity index (χ1v) is 9.48. The van der Waals surface area contributed by atoms with E-state index in [0.717, 1.165) is 43.7 Å². The summed E-state index contributed by atoms with van der Waals surface area (Å²) in [6.45, 7) is 4.11. The second-order valence-corrected chi connectivity index (χ2v) is 7.96. The summed E-state index contributed by atoms with van der Waals surface area (Å²) in [5.74, 6) is 0.762. The lowest BCUT2D eigenvalue weighted by Crippen LogP contribution is -2.43. The highest BCUT2D eigenvalue weighted by molar-refractivity contribution is 7.89. The van der Waals surface area contributed by atoms with E-state index < -0.39 is 10.0 Å². The Labute approximate surface area is 132 Å². The average Bonchev–Trinajstić information content (AvgIpc) is 2.55. The molecule has 1 aromatic carbocycles. The van der Waals surface area contributed by atoms with E-state index in [9.17, 15) is 8.42 Å². The summed E-state index contributed by atoms with van der Waals surface area (Å²) < 4.78 is 33.3. The van der Waals surface area contributed by atoms with Gasteiger partial charge in [0.15, 0.2) is 0 Å². The number of piperidine rings is 1. The highest BCUT2D eigenvalue weighted by Gasteiger charge is 2.33. The smallest absolute Gasteiger partial charge is 0.243 e. The van der Waals surface area contributed by atoms with Crippen LogP contribution in [0.15, 0.2) is 23.1 Å². The fraction of sp³-hybridized carbons (Fsp3) is 0.625. The molecule has 22 heavy (non-hydrogen) atoms. The van der Waals surface area contributed by atoms with E-state index in [1.54, 1.807) is 22.5 Å².